The van der Waals surface area contributed by atoms with Crippen LogP contribution in [0.5, 0.6) is 11.5 Å². The molecule has 0 saturated heterocycles. The molecule has 4 aromatic rings. The van der Waals surface area contributed by atoms with Crippen molar-refractivity contribution in [3.63, 3.8) is 0 Å². The van der Waals surface area contributed by atoms with Crippen LogP contribution < -0.4 is 29.8 Å². The zero-order valence-electron chi connectivity index (χ0n) is 27.0. The first-order chi connectivity index (χ1) is 24.1. The number of carbonyl (C=O) groups excluding carboxylic acids is 4. The number of carbonyl (C=O) groups is 4. The number of methoxy groups -OCH3 is 2. The summed E-state index contributed by atoms with van der Waals surface area (Å²) in [5.41, 5.74) is 3.50. The largest absolute Gasteiger partial charge is 0.495 e. The summed E-state index contributed by atoms with van der Waals surface area (Å²) in [4.78, 5) is 70.6. The van der Waals surface area contributed by atoms with E-state index in [1.54, 1.807) is 36.4 Å². The lowest BCUT2D eigenvalue weighted by atomic mass is 9.89. The SMILES string of the molecule is COc1ccc(Cl)cc1NC(=O)C1CCc2c(ncn2OC(=O)/C=C/C(=O)On2cnc3c2CCC(C(=O)Nc2cc(Cl)ccc2OC)C3)C1. The monoisotopic (exact) mass is 722 g/mol. The second-order valence-corrected chi connectivity index (χ2v) is 12.5. The van der Waals surface area contributed by atoms with Gasteiger partial charge in [0, 0.05) is 46.9 Å². The number of halogens is 2. The molecule has 2 atom stereocenters. The van der Waals surface area contributed by atoms with E-state index in [4.69, 9.17) is 42.4 Å². The van der Waals surface area contributed by atoms with Gasteiger partial charge in [-0.05, 0) is 62.1 Å². The molecule has 2 aromatic heterocycles. The molecular formula is C34H32Cl2N6O8. The molecule has 260 valence electrons. The molecule has 0 aliphatic heterocycles. The van der Waals surface area contributed by atoms with Crippen LogP contribution in [-0.4, -0.2) is 57.4 Å². The normalized spacial score (nSPS) is 16.6. The third kappa shape index (κ3) is 7.76. The average Bonchev–Trinajstić information content (AvgIpc) is 3.70. The van der Waals surface area contributed by atoms with Crippen molar-refractivity contribution in [2.45, 2.75) is 38.5 Å². The van der Waals surface area contributed by atoms with Gasteiger partial charge < -0.3 is 29.8 Å². The van der Waals surface area contributed by atoms with Crippen molar-refractivity contribution in [2.24, 2.45) is 11.8 Å². The number of fused-ring (bicyclic) bond motifs is 2. The Morgan fingerprint density at radius 2 is 1.14 bits per heavy atom. The highest BCUT2D eigenvalue weighted by Crippen LogP contribution is 2.32. The molecule has 6 rings (SSSR count). The number of aromatic nitrogens is 4. The Kier molecular flexibility index (Phi) is 10.4. The maximum atomic E-state index is 13.0. The number of ether oxygens (including phenoxy) is 2. The first-order valence-electron chi connectivity index (χ1n) is 15.6. The summed E-state index contributed by atoms with van der Waals surface area (Å²) in [5.74, 6) is -1.81. The van der Waals surface area contributed by atoms with E-state index in [2.05, 4.69) is 20.6 Å². The average molecular weight is 724 g/mol. The fourth-order valence-corrected chi connectivity index (χ4v) is 6.30. The third-order valence-electron chi connectivity index (χ3n) is 8.49. The van der Waals surface area contributed by atoms with Crippen LogP contribution in [0.15, 0.2) is 61.2 Å². The van der Waals surface area contributed by atoms with Crippen LogP contribution >= 0.6 is 23.2 Å². The first-order valence-corrected chi connectivity index (χ1v) is 16.4. The Bertz CT molecular complexity index is 1850. The van der Waals surface area contributed by atoms with Crippen molar-refractivity contribution in [1.82, 2.24) is 19.4 Å². The maximum Gasteiger partial charge on any atom is 0.356 e. The third-order valence-corrected chi connectivity index (χ3v) is 8.96. The van der Waals surface area contributed by atoms with Crippen LogP contribution in [0.3, 0.4) is 0 Å². The van der Waals surface area contributed by atoms with Gasteiger partial charge in [0.15, 0.2) is 0 Å². The summed E-state index contributed by atoms with van der Waals surface area (Å²) >= 11 is 12.2. The predicted octanol–water partition coefficient (Wildman–Crippen LogP) is 4.06. The van der Waals surface area contributed by atoms with E-state index in [0.29, 0.717) is 94.2 Å². The molecule has 50 heavy (non-hydrogen) atoms. The highest BCUT2D eigenvalue weighted by Gasteiger charge is 2.31. The second-order valence-electron chi connectivity index (χ2n) is 11.6. The fourth-order valence-electron chi connectivity index (χ4n) is 5.95. The van der Waals surface area contributed by atoms with Crippen LogP contribution in [0.1, 0.15) is 35.6 Å². The molecule has 0 fully saturated rings. The van der Waals surface area contributed by atoms with E-state index in [1.165, 1.54) is 36.3 Å². The molecule has 16 heteroatoms. The highest BCUT2D eigenvalue weighted by atomic mass is 35.5. The first kappa shape index (κ1) is 34.5. The summed E-state index contributed by atoms with van der Waals surface area (Å²) in [6.07, 6.45) is 7.12. The zero-order chi connectivity index (χ0) is 35.4. The highest BCUT2D eigenvalue weighted by molar-refractivity contribution is 6.31. The summed E-state index contributed by atoms with van der Waals surface area (Å²) in [7, 11) is 3.01. The van der Waals surface area contributed by atoms with Crippen molar-refractivity contribution in [3.05, 3.63) is 94.0 Å². The quantitative estimate of drug-likeness (QED) is 0.228. The fraction of sp³-hybridized carbons (Fsp3) is 0.294. The predicted molar refractivity (Wildman–Crippen MR) is 181 cm³/mol. The van der Waals surface area contributed by atoms with Crippen LogP contribution in [0.25, 0.3) is 0 Å². The molecule has 2 aliphatic carbocycles. The van der Waals surface area contributed by atoms with Gasteiger partial charge in [-0.2, -0.15) is 9.46 Å². The molecule has 2 heterocycles. The molecule has 0 bridgehead atoms. The van der Waals surface area contributed by atoms with Gasteiger partial charge in [0.05, 0.1) is 48.4 Å². The number of hydrogen-bond acceptors (Lipinski definition) is 10. The number of nitrogens with zero attached hydrogens (tertiary/aromatic N) is 4. The zero-order valence-corrected chi connectivity index (χ0v) is 28.5. The summed E-state index contributed by atoms with van der Waals surface area (Å²) < 4.78 is 13.1. The Labute approximate surface area is 296 Å². The van der Waals surface area contributed by atoms with E-state index in [9.17, 15) is 19.2 Å². The minimum absolute atomic E-state index is 0.205. The maximum absolute atomic E-state index is 13.0. The number of hydrogen-bond donors (Lipinski definition) is 2. The Morgan fingerprint density at radius 1 is 0.720 bits per heavy atom. The number of amides is 2. The van der Waals surface area contributed by atoms with Gasteiger partial charge in [-0.3, -0.25) is 9.59 Å². The van der Waals surface area contributed by atoms with Gasteiger partial charge in [0.25, 0.3) is 0 Å². The molecule has 0 radical (unpaired) electrons. The molecule has 2 aliphatic rings. The van der Waals surface area contributed by atoms with Crippen LogP contribution in [0.4, 0.5) is 11.4 Å². The van der Waals surface area contributed by atoms with Crippen molar-refractivity contribution in [2.75, 3.05) is 24.9 Å². The van der Waals surface area contributed by atoms with E-state index in [1.807, 2.05) is 0 Å². The van der Waals surface area contributed by atoms with E-state index in [-0.39, 0.29) is 23.7 Å². The molecule has 0 spiro atoms. The van der Waals surface area contributed by atoms with Gasteiger partial charge in [-0.25, -0.2) is 19.6 Å². The van der Waals surface area contributed by atoms with Gasteiger partial charge in [0.2, 0.25) is 11.8 Å². The molecule has 2 unspecified atom stereocenters. The number of benzene rings is 2. The van der Waals surface area contributed by atoms with Crippen LogP contribution in [0, 0.1) is 11.8 Å². The topological polar surface area (TPSA) is 165 Å². The van der Waals surface area contributed by atoms with Gasteiger partial charge in [0.1, 0.15) is 24.2 Å². The van der Waals surface area contributed by atoms with Gasteiger partial charge in [-0.1, -0.05) is 23.2 Å². The molecule has 14 nitrogen and oxygen atoms in total. The lowest BCUT2D eigenvalue weighted by Crippen LogP contribution is -2.30. The molecule has 2 N–H and O–H groups in total. The van der Waals surface area contributed by atoms with Crippen LogP contribution in [-0.2, 0) is 44.9 Å². The summed E-state index contributed by atoms with van der Waals surface area (Å²) in [6, 6.07) is 9.92. The standard InChI is InChI=1S/C34H32Cl2N6O8/c1-47-29-9-5-21(35)15-25(29)39-33(45)19-3-7-27-23(13-19)37-17-41(27)49-31(43)11-12-32(44)50-42-18-38-24-14-20(4-8-28(24)42)34(46)40-26-16-22(36)6-10-30(26)48-2/h5-6,9-12,15-20H,3-4,7-8,13-14H2,1-2H3,(H,39,45)(H,40,46)/b12-11+. The summed E-state index contributed by atoms with van der Waals surface area (Å²) in [6.45, 7) is 0. The Balaban J connectivity index is 0.997. The molecule has 2 amide bonds. The molecular weight excluding hydrogens is 691 g/mol. The second kappa shape index (κ2) is 15.0. The van der Waals surface area contributed by atoms with E-state index < -0.39 is 11.9 Å². The molecule has 0 saturated carbocycles. The van der Waals surface area contributed by atoms with Crippen molar-refractivity contribution >= 4 is 58.3 Å². The minimum atomic E-state index is -0.826. The van der Waals surface area contributed by atoms with Crippen LogP contribution in [0.2, 0.25) is 10.0 Å². The van der Waals surface area contributed by atoms with Crippen molar-refractivity contribution in [3.8, 4) is 11.5 Å². The van der Waals surface area contributed by atoms with Crippen molar-refractivity contribution in [1.29, 1.82) is 0 Å². The lowest BCUT2D eigenvalue weighted by molar-refractivity contribution is -0.141. The molecule has 2 aromatic carbocycles. The lowest BCUT2D eigenvalue weighted by Gasteiger charge is -2.22. The number of anilines is 2. The van der Waals surface area contributed by atoms with Crippen molar-refractivity contribution < 1.29 is 38.3 Å². The number of rotatable bonds is 10. The van der Waals surface area contributed by atoms with Gasteiger partial charge in [-0.15, -0.1) is 0 Å². The van der Waals surface area contributed by atoms with Gasteiger partial charge >= 0.3 is 11.9 Å². The Hall–Kier alpha value is -5.34. The number of imidazole rings is 2. The Morgan fingerprint density at radius 3 is 1.54 bits per heavy atom. The smallest absolute Gasteiger partial charge is 0.356 e. The minimum Gasteiger partial charge on any atom is -0.495 e. The summed E-state index contributed by atoms with van der Waals surface area (Å²) in [5, 5.41) is 6.67. The van der Waals surface area contributed by atoms with E-state index >= 15 is 0 Å². The van der Waals surface area contributed by atoms with E-state index in [0.717, 1.165) is 12.2 Å². The number of nitrogens with one attached hydrogen (secondary N) is 2.